The number of halogens is 2. The lowest BCUT2D eigenvalue weighted by Crippen LogP contribution is -2.14. The Bertz CT molecular complexity index is 485. The summed E-state index contributed by atoms with van der Waals surface area (Å²) in [6.45, 7) is 1.62. The monoisotopic (exact) mass is 337 g/mol. The number of rotatable bonds is 6. The summed E-state index contributed by atoms with van der Waals surface area (Å²) in [7, 11) is -2.95. The molecule has 0 aliphatic rings. The Hall–Kier alpha value is -0.460. The molecule has 0 aromatic heterocycles. The van der Waals surface area contributed by atoms with Gasteiger partial charge in [-0.2, -0.15) is 0 Å². The van der Waals surface area contributed by atoms with Gasteiger partial charge in [0.2, 0.25) is 0 Å². The first-order valence-corrected chi connectivity index (χ1v) is 8.37. The Morgan fingerprint density at radius 1 is 1.39 bits per heavy atom. The third kappa shape index (κ3) is 5.04. The zero-order valence-corrected chi connectivity index (χ0v) is 12.6. The third-order valence-electron chi connectivity index (χ3n) is 2.72. The molecule has 2 N–H and O–H groups in total. The minimum absolute atomic E-state index is 0.133. The summed E-state index contributed by atoms with van der Waals surface area (Å²) >= 11 is 3.20. The van der Waals surface area contributed by atoms with Crippen molar-refractivity contribution in [3.63, 3.8) is 0 Å². The molecule has 1 aromatic carbocycles. The summed E-state index contributed by atoms with van der Waals surface area (Å²) in [5, 5.41) is 0. The van der Waals surface area contributed by atoms with E-state index in [2.05, 4.69) is 15.9 Å². The number of hydrogen-bond donors (Lipinski definition) is 1. The molecule has 0 heterocycles. The molecule has 6 heteroatoms. The van der Waals surface area contributed by atoms with Crippen LogP contribution in [0.4, 0.5) is 4.39 Å². The second kappa shape index (κ2) is 6.63. The van der Waals surface area contributed by atoms with Gasteiger partial charge in [-0.15, -0.1) is 0 Å². The molecule has 0 amide bonds. The van der Waals surface area contributed by atoms with Crippen molar-refractivity contribution >= 4 is 25.8 Å². The van der Waals surface area contributed by atoms with E-state index in [-0.39, 0.29) is 23.4 Å². The van der Waals surface area contributed by atoms with Crippen molar-refractivity contribution in [3.05, 3.63) is 34.1 Å². The van der Waals surface area contributed by atoms with Crippen LogP contribution in [0.1, 0.15) is 31.4 Å². The highest BCUT2D eigenvalue weighted by Crippen LogP contribution is 2.22. The van der Waals surface area contributed by atoms with Gasteiger partial charge in [-0.25, -0.2) is 12.8 Å². The maximum atomic E-state index is 13.2. The van der Waals surface area contributed by atoms with Crippen molar-refractivity contribution in [2.75, 3.05) is 11.5 Å². The quantitative estimate of drug-likeness (QED) is 0.868. The van der Waals surface area contributed by atoms with Crippen LogP contribution in [0, 0.1) is 5.82 Å². The average Bonchev–Trinajstić information content (AvgIpc) is 2.27. The van der Waals surface area contributed by atoms with Crippen molar-refractivity contribution in [1.29, 1.82) is 0 Å². The molecule has 18 heavy (non-hydrogen) atoms. The molecular weight excluding hydrogens is 321 g/mol. The predicted molar refractivity (Wildman–Crippen MR) is 74.6 cm³/mol. The third-order valence-corrected chi connectivity index (χ3v) is 4.97. The summed E-state index contributed by atoms with van der Waals surface area (Å²) in [5.74, 6) is -0.0717. The Labute approximate surface area is 116 Å². The van der Waals surface area contributed by atoms with E-state index in [4.69, 9.17) is 5.73 Å². The lowest BCUT2D eigenvalue weighted by molar-refractivity contribution is 0.580. The van der Waals surface area contributed by atoms with Crippen molar-refractivity contribution < 1.29 is 12.8 Å². The topological polar surface area (TPSA) is 60.2 Å². The fourth-order valence-corrected chi connectivity index (χ4v) is 3.00. The first-order chi connectivity index (χ1) is 8.34. The van der Waals surface area contributed by atoms with Crippen LogP contribution in [-0.2, 0) is 9.84 Å². The Morgan fingerprint density at radius 3 is 2.61 bits per heavy atom. The molecule has 0 saturated heterocycles. The number of nitrogens with two attached hydrogens (primary N) is 1. The van der Waals surface area contributed by atoms with Gasteiger partial charge in [0.05, 0.1) is 5.75 Å². The van der Waals surface area contributed by atoms with Gasteiger partial charge < -0.3 is 5.73 Å². The second-order valence-electron chi connectivity index (χ2n) is 4.19. The molecule has 3 nitrogen and oxygen atoms in total. The van der Waals surface area contributed by atoms with Crippen LogP contribution in [-0.4, -0.2) is 19.9 Å². The van der Waals surface area contributed by atoms with Crippen molar-refractivity contribution in [1.82, 2.24) is 0 Å². The minimum Gasteiger partial charge on any atom is -0.324 e. The van der Waals surface area contributed by atoms with E-state index in [1.54, 1.807) is 13.0 Å². The van der Waals surface area contributed by atoms with E-state index in [1.807, 2.05) is 0 Å². The van der Waals surface area contributed by atoms with Gasteiger partial charge in [0.15, 0.2) is 0 Å². The summed E-state index contributed by atoms with van der Waals surface area (Å²) in [6, 6.07) is 4.15. The lowest BCUT2D eigenvalue weighted by Gasteiger charge is -2.12. The highest BCUT2D eigenvalue weighted by Gasteiger charge is 2.11. The van der Waals surface area contributed by atoms with Crippen LogP contribution in [0.15, 0.2) is 22.7 Å². The van der Waals surface area contributed by atoms with Crippen LogP contribution >= 0.6 is 15.9 Å². The van der Waals surface area contributed by atoms with E-state index in [1.165, 1.54) is 12.1 Å². The maximum Gasteiger partial charge on any atom is 0.150 e. The molecular formula is C12H17BrFNO2S. The summed E-state index contributed by atoms with van der Waals surface area (Å²) < 4.78 is 36.4. The first-order valence-electron chi connectivity index (χ1n) is 5.76. The molecule has 0 aliphatic carbocycles. The van der Waals surface area contributed by atoms with E-state index < -0.39 is 9.84 Å². The molecule has 0 radical (unpaired) electrons. The molecule has 1 atom stereocenters. The number of benzene rings is 1. The molecule has 1 aromatic rings. The zero-order chi connectivity index (χ0) is 13.8. The van der Waals surface area contributed by atoms with Gasteiger partial charge in [-0.05, 0) is 36.6 Å². The normalized spacial score (nSPS) is 13.6. The second-order valence-corrected chi connectivity index (χ2v) is 7.58. The predicted octanol–water partition coefficient (Wildman–Crippen LogP) is 2.80. The Morgan fingerprint density at radius 2 is 2.06 bits per heavy atom. The molecule has 0 fully saturated rings. The maximum absolute atomic E-state index is 13.2. The average molecular weight is 338 g/mol. The summed E-state index contributed by atoms with van der Waals surface area (Å²) in [4.78, 5) is 0. The Balaban J connectivity index is 2.58. The van der Waals surface area contributed by atoms with Gasteiger partial charge in [0.25, 0.3) is 0 Å². The molecule has 0 spiro atoms. The van der Waals surface area contributed by atoms with E-state index in [9.17, 15) is 12.8 Å². The standard InChI is InChI=1S/C12H17BrFNO2S/c1-2-18(16,17)5-3-4-12(15)9-6-10(13)8-11(14)7-9/h6-8,12H,2-5,15H2,1H3. The Kier molecular flexibility index (Phi) is 5.75. The SMILES string of the molecule is CCS(=O)(=O)CCCC(N)c1cc(F)cc(Br)c1. The van der Waals surface area contributed by atoms with Crippen molar-refractivity contribution in [2.24, 2.45) is 5.73 Å². The number of hydrogen-bond acceptors (Lipinski definition) is 3. The van der Waals surface area contributed by atoms with E-state index >= 15 is 0 Å². The fraction of sp³-hybridized carbons (Fsp3) is 0.500. The van der Waals surface area contributed by atoms with Crippen molar-refractivity contribution in [2.45, 2.75) is 25.8 Å². The van der Waals surface area contributed by atoms with Crippen LogP contribution in [0.5, 0.6) is 0 Å². The van der Waals surface area contributed by atoms with Crippen LogP contribution < -0.4 is 5.73 Å². The highest BCUT2D eigenvalue weighted by atomic mass is 79.9. The molecule has 102 valence electrons. The summed E-state index contributed by atoms with van der Waals surface area (Å²) in [5.41, 5.74) is 6.60. The van der Waals surface area contributed by atoms with Crippen molar-refractivity contribution in [3.8, 4) is 0 Å². The molecule has 1 unspecified atom stereocenters. The van der Waals surface area contributed by atoms with E-state index in [0.29, 0.717) is 22.9 Å². The minimum atomic E-state index is -2.95. The molecule has 0 bridgehead atoms. The number of sulfone groups is 1. The smallest absolute Gasteiger partial charge is 0.150 e. The van der Waals surface area contributed by atoms with E-state index in [0.717, 1.165) is 0 Å². The van der Waals surface area contributed by atoms with Gasteiger partial charge in [-0.3, -0.25) is 0 Å². The van der Waals surface area contributed by atoms with Gasteiger partial charge in [-0.1, -0.05) is 22.9 Å². The van der Waals surface area contributed by atoms with Gasteiger partial charge in [0.1, 0.15) is 15.7 Å². The lowest BCUT2D eigenvalue weighted by atomic mass is 10.0. The van der Waals surface area contributed by atoms with Crippen LogP contribution in [0.3, 0.4) is 0 Å². The highest BCUT2D eigenvalue weighted by molar-refractivity contribution is 9.10. The van der Waals surface area contributed by atoms with Crippen LogP contribution in [0.25, 0.3) is 0 Å². The van der Waals surface area contributed by atoms with Gasteiger partial charge in [0, 0.05) is 16.3 Å². The van der Waals surface area contributed by atoms with Gasteiger partial charge >= 0.3 is 0 Å². The zero-order valence-electron chi connectivity index (χ0n) is 10.2. The largest absolute Gasteiger partial charge is 0.324 e. The first kappa shape index (κ1) is 15.6. The fourth-order valence-electron chi connectivity index (χ4n) is 1.62. The molecule has 0 aliphatic heterocycles. The molecule has 0 saturated carbocycles. The molecule has 1 rings (SSSR count). The van der Waals surface area contributed by atoms with Crippen LogP contribution in [0.2, 0.25) is 0 Å². The summed E-state index contributed by atoms with van der Waals surface area (Å²) in [6.07, 6.45) is 1.01.